The van der Waals surface area contributed by atoms with Crippen molar-refractivity contribution in [3.05, 3.63) is 51.9 Å². The van der Waals surface area contributed by atoms with Crippen LogP contribution in [0.15, 0.2) is 45.1 Å². The van der Waals surface area contributed by atoms with Crippen LogP contribution < -0.4 is 10.4 Å². The summed E-state index contributed by atoms with van der Waals surface area (Å²) in [4.78, 5) is 23.0. The van der Waals surface area contributed by atoms with E-state index >= 15 is 0 Å². The molecule has 1 aliphatic heterocycles. The first kappa shape index (κ1) is 15.6. The number of esters is 1. The van der Waals surface area contributed by atoms with Crippen LogP contribution >= 0.6 is 11.6 Å². The Morgan fingerprint density at radius 2 is 2.17 bits per heavy atom. The molecule has 3 rings (SSSR count). The largest absolute Gasteiger partial charge is 0.484 e. The Morgan fingerprint density at radius 1 is 1.39 bits per heavy atom. The van der Waals surface area contributed by atoms with E-state index in [9.17, 15) is 9.59 Å². The van der Waals surface area contributed by atoms with Crippen LogP contribution in [-0.2, 0) is 16.0 Å². The molecule has 2 aromatic rings. The fourth-order valence-corrected chi connectivity index (χ4v) is 2.71. The zero-order valence-electron chi connectivity index (χ0n) is 12.7. The van der Waals surface area contributed by atoms with Crippen LogP contribution in [0.3, 0.4) is 0 Å². The van der Waals surface area contributed by atoms with E-state index in [0.717, 1.165) is 22.6 Å². The summed E-state index contributed by atoms with van der Waals surface area (Å²) in [7, 11) is 0. The van der Waals surface area contributed by atoms with Crippen molar-refractivity contribution in [2.24, 2.45) is 0 Å². The van der Waals surface area contributed by atoms with Gasteiger partial charge < -0.3 is 13.9 Å². The zero-order chi connectivity index (χ0) is 16.6. The topological polar surface area (TPSA) is 65.7 Å². The minimum Gasteiger partial charge on any atom is -0.484 e. The van der Waals surface area contributed by atoms with Crippen molar-refractivity contribution >= 4 is 28.5 Å². The molecule has 0 N–H and O–H groups in total. The van der Waals surface area contributed by atoms with Crippen molar-refractivity contribution in [1.82, 2.24) is 0 Å². The summed E-state index contributed by atoms with van der Waals surface area (Å²) in [6.07, 6.45) is 1.20. The molecule has 1 aliphatic rings. The third-order valence-corrected chi connectivity index (χ3v) is 3.94. The van der Waals surface area contributed by atoms with Crippen molar-refractivity contribution < 1.29 is 18.7 Å². The number of ether oxygens (including phenoxy) is 2. The van der Waals surface area contributed by atoms with Gasteiger partial charge in [-0.3, -0.25) is 0 Å². The Balaban J connectivity index is 1.98. The van der Waals surface area contributed by atoms with E-state index in [-0.39, 0.29) is 0 Å². The van der Waals surface area contributed by atoms with Gasteiger partial charge in [0.15, 0.2) is 0 Å². The summed E-state index contributed by atoms with van der Waals surface area (Å²) in [5.41, 5.74) is 1.34. The maximum Gasteiger partial charge on any atom is 0.336 e. The van der Waals surface area contributed by atoms with Crippen molar-refractivity contribution in [3.8, 4) is 5.75 Å². The normalized spacial score (nSPS) is 19.3. The highest BCUT2D eigenvalue weighted by Crippen LogP contribution is 2.37. The molecule has 1 aromatic carbocycles. The molecule has 0 spiro atoms. The summed E-state index contributed by atoms with van der Waals surface area (Å²) in [6.45, 7) is 3.67. The average Bonchev–Trinajstić information content (AvgIpc) is 2.46. The molecule has 0 radical (unpaired) electrons. The highest BCUT2D eigenvalue weighted by Gasteiger charge is 2.39. The second-order valence-corrected chi connectivity index (χ2v) is 6.13. The summed E-state index contributed by atoms with van der Waals surface area (Å²) < 4.78 is 16.6. The monoisotopic (exact) mass is 334 g/mol. The van der Waals surface area contributed by atoms with E-state index in [1.165, 1.54) is 6.07 Å². The number of benzene rings is 1. The van der Waals surface area contributed by atoms with E-state index in [4.69, 9.17) is 25.5 Å². The smallest absolute Gasteiger partial charge is 0.336 e. The standard InChI is InChI=1S/C17H15ClO5/c1-17(2)14(22-16(20)5-6-18)8-11-7-10-3-4-15(19)21-12(10)9-13(11)23-17/h3-7,9,14H,8H2,1-2H3/b6-5+/t14-/m0/s1. The van der Waals surface area contributed by atoms with E-state index in [0.29, 0.717) is 17.8 Å². The van der Waals surface area contributed by atoms with Crippen molar-refractivity contribution in [2.75, 3.05) is 0 Å². The Labute approximate surface area is 137 Å². The minimum absolute atomic E-state index is 0.410. The number of rotatable bonds is 2. The molecular formula is C17H15ClO5. The van der Waals surface area contributed by atoms with Gasteiger partial charge in [0.05, 0.1) is 0 Å². The maximum absolute atomic E-state index is 11.7. The fraction of sp³-hybridized carbons (Fsp3) is 0.294. The number of hydrogen-bond donors (Lipinski definition) is 0. The van der Waals surface area contributed by atoms with Crippen molar-refractivity contribution in [1.29, 1.82) is 0 Å². The molecule has 0 unspecified atom stereocenters. The SMILES string of the molecule is CC1(C)Oc2cc3oc(=O)ccc3cc2C[C@@H]1OC(=O)/C=C/Cl. The number of halogens is 1. The van der Waals surface area contributed by atoms with Gasteiger partial charge in [-0.05, 0) is 31.5 Å². The molecule has 0 amide bonds. The van der Waals surface area contributed by atoms with Crippen LogP contribution in [0.25, 0.3) is 11.0 Å². The van der Waals surface area contributed by atoms with E-state index < -0.39 is 23.3 Å². The van der Waals surface area contributed by atoms with E-state index in [2.05, 4.69) is 0 Å². The first-order chi connectivity index (χ1) is 10.9. The lowest BCUT2D eigenvalue weighted by Gasteiger charge is -2.39. The summed E-state index contributed by atoms with van der Waals surface area (Å²) >= 11 is 5.40. The van der Waals surface area contributed by atoms with Crippen LogP contribution in [0.5, 0.6) is 5.75 Å². The number of carbonyl (C=O) groups excluding carboxylic acids is 1. The van der Waals surface area contributed by atoms with Gasteiger partial charge in [0.1, 0.15) is 23.0 Å². The molecule has 0 fully saturated rings. The maximum atomic E-state index is 11.7. The molecule has 0 saturated carbocycles. The van der Waals surface area contributed by atoms with E-state index in [1.54, 1.807) is 12.1 Å². The third-order valence-electron chi connectivity index (χ3n) is 3.81. The molecule has 1 atom stereocenters. The van der Waals surface area contributed by atoms with Gasteiger partial charge in [-0.1, -0.05) is 11.6 Å². The highest BCUT2D eigenvalue weighted by molar-refractivity contribution is 6.26. The Bertz CT molecular complexity index is 850. The Morgan fingerprint density at radius 3 is 2.91 bits per heavy atom. The van der Waals surface area contributed by atoms with Gasteiger partial charge in [-0.2, -0.15) is 0 Å². The van der Waals surface area contributed by atoms with Gasteiger partial charge >= 0.3 is 11.6 Å². The van der Waals surface area contributed by atoms with E-state index in [1.807, 2.05) is 19.9 Å². The fourth-order valence-electron chi connectivity index (χ4n) is 2.61. The Kier molecular flexibility index (Phi) is 3.90. The van der Waals surface area contributed by atoms with Gasteiger partial charge in [0, 0.05) is 35.6 Å². The predicted octanol–water partition coefficient (Wildman–Crippen LogP) is 3.17. The molecule has 2 heterocycles. The lowest BCUT2D eigenvalue weighted by molar-refractivity contribution is -0.155. The molecule has 0 bridgehead atoms. The molecule has 0 aliphatic carbocycles. The predicted molar refractivity (Wildman–Crippen MR) is 85.8 cm³/mol. The molecule has 6 heteroatoms. The van der Waals surface area contributed by atoms with Gasteiger partial charge in [-0.25, -0.2) is 9.59 Å². The molecule has 0 saturated heterocycles. The lowest BCUT2D eigenvalue weighted by atomic mass is 9.90. The van der Waals surface area contributed by atoms with Gasteiger partial charge in [0.2, 0.25) is 0 Å². The van der Waals surface area contributed by atoms with Crippen LogP contribution in [0.4, 0.5) is 0 Å². The Hall–Kier alpha value is -2.27. The molecule has 1 aromatic heterocycles. The van der Waals surface area contributed by atoms with Crippen LogP contribution in [0, 0.1) is 0 Å². The van der Waals surface area contributed by atoms with Crippen molar-refractivity contribution in [2.45, 2.75) is 32.0 Å². The first-order valence-electron chi connectivity index (χ1n) is 7.12. The minimum atomic E-state index is -0.717. The molecule has 5 nitrogen and oxygen atoms in total. The number of hydrogen-bond acceptors (Lipinski definition) is 5. The molecule has 120 valence electrons. The third kappa shape index (κ3) is 3.10. The molecular weight excluding hydrogens is 320 g/mol. The number of carbonyl (C=O) groups is 1. The quantitative estimate of drug-likeness (QED) is 0.479. The van der Waals surface area contributed by atoms with Gasteiger partial charge in [-0.15, -0.1) is 0 Å². The summed E-state index contributed by atoms with van der Waals surface area (Å²) in [5, 5.41) is 0.789. The van der Waals surface area contributed by atoms with Gasteiger partial charge in [0.25, 0.3) is 0 Å². The van der Waals surface area contributed by atoms with Crippen LogP contribution in [-0.4, -0.2) is 17.7 Å². The summed E-state index contributed by atoms with van der Waals surface area (Å²) in [6, 6.07) is 6.63. The van der Waals surface area contributed by atoms with Crippen LogP contribution in [0.1, 0.15) is 19.4 Å². The summed E-state index contributed by atoms with van der Waals surface area (Å²) in [5.74, 6) is 0.106. The van der Waals surface area contributed by atoms with Crippen molar-refractivity contribution in [3.63, 3.8) is 0 Å². The molecule has 23 heavy (non-hydrogen) atoms. The lowest BCUT2D eigenvalue weighted by Crippen LogP contribution is -2.48. The highest BCUT2D eigenvalue weighted by atomic mass is 35.5. The zero-order valence-corrected chi connectivity index (χ0v) is 13.4. The first-order valence-corrected chi connectivity index (χ1v) is 7.56. The number of fused-ring (bicyclic) bond motifs is 2. The second kappa shape index (κ2) is 5.74. The average molecular weight is 335 g/mol. The second-order valence-electron chi connectivity index (χ2n) is 5.88. The van der Waals surface area contributed by atoms with Crippen LogP contribution in [0.2, 0.25) is 0 Å².